The predicted octanol–water partition coefficient (Wildman–Crippen LogP) is 2.56. The van der Waals surface area contributed by atoms with Crippen LogP contribution in [0.1, 0.15) is 10.4 Å². The second kappa shape index (κ2) is 3.92. The number of hydrogen-bond acceptors (Lipinski definition) is 6. The maximum absolute atomic E-state index is 9.87. The van der Waals surface area contributed by atoms with Gasteiger partial charge in [0.2, 0.25) is 0 Å². The molecule has 4 nitrogen and oxygen atoms in total. The van der Waals surface area contributed by atoms with Gasteiger partial charge in [0.15, 0.2) is 0 Å². The first-order valence-corrected chi connectivity index (χ1v) is 5.53. The maximum Gasteiger partial charge on any atom is 0.294 e. The third-order valence-electron chi connectivity index (χ3n) is 1.23. The number of aryl methyl sites for hydroxylation is 1. The number of hydrogen-bond donors (Lipinski definition) is 0. The highest BCUT2D eigenvalue weighted by atomic mass is 32.9. The van der Waals surface area contributed by atoms with Crippen LogP contribution in [0.3, 0.4) is 0 Å². The average molecular weight is 223 g/mol. The lowest BCUT2D eigenvalue weighted by Gasteiger charge is -1.95. The van der Waals surface area contributed by atoms with Crippen molar-refractivity contribution in [2.24, 2.45) is 0 Å². The Morgan fingerprint density at radius 3 is 2.75 bits per heavy atom. The normalized spacial score (nSPS) is 9.75. The molecule has 0 saturated carbocycles. The molecule has 1 aromatic rings. The molecule has 66 valence electrons. The fourth-order valence-corrected chi connectivity index (χ4v) is 3.25. The van der Waals surface area contributed by atoms with Crippen LogP contribution in [0.2, 0.25) is 0 Å². The van der Waals surface area contributed by atoms with Crippen LogP contribution < -0.4 is 0 Å². The van der Waals surface area contributed by atoms with E-state index in [1.165, 1.54) is 20.7 Å². The fourth-order valence-electron chi connectivity index (χ4n) is 0.622. The second-order valence-corrected chi connectivity index (χ2v) is 5.01. The van der Waals surface area contributed by atoms with Crippen LogP contribution in [0.5, 0.6) is 0 Å². The first-order chi connectivity index (χ1) is 5.61. The molecule has 0 aromatic carbocycles. The van der Waals surface area contributed by atoms with Crippen molar-refractivity contribution in [1.82, 2.24) is 0 Å². The molecule has 7 heteroatoms. The van der Waals surface area contributed by atoms with Crippen LogP contribution in [0, 0.1) is 20.9 Å². The van der Waals surface area contributed by atoms with Gasteiger partial charge in [0.1, 0.15) is 10.4 Å². The van der Waals surface area contributed by atoms with E-state index in [0.717, 1.165) is 10.4 Å². The summed E-state index contributed by atoms with van der Waals surface area (Å²) >= 11 is 4.95. The Bertz CT molecular complexity index is 342. The number of nitrogens with zero attached hydrogens (tertiary/aromatic N) is 1. The summed E-state index contributed by atoms with van der Waals surface area (Å²) in [5.74, 6) is 0. The van der Waals surface area contributed by atoms with E-state index >= 15 is 0 Å². The van der Waals surface area contributed by atoms with Crippen LogP contribution in [0.4, 0.5) is 0 Å². The van der Waals surface area contributed by atoms with Crippen LogP contribution in [0.25, 0.3) is 0 Å². The standard InChI is InChI=1S/C5H5NO3S3/c1-3-4(2-9-6(7)8)5(10)12-11-3/h2H2,1H3. The fraction of sp³-hybridized carbons (Fsp3) is 0.400. The Hall–Kier alpha value is -0.530. The maximum atomic E-state index is 9.87. The van der Waals surface area contributed by atoms with Crippen molar-refractivity contribution in [2.45, 2.75) is 13.5 Å². The van der Waals surface area contributed by atoms with Gasteiger partial charge < -0.3 is 4.84 Å². The summed E-state index contributed by atoms with van der Waals surface area (Å²) in [5.41, 5.74) is 0.761. The summed E-state index contributed by atoms with van der Waals surface area (Å²) in [7, 11) is 2.95. The van der Waals surface area contributed by atoms with Crippen LogP contribution in [-0.2, 0) is 11.4 Å². The molecular formula is C5H5NO3S3. The molecule has 0 N–H and O–H groups in total. The van der Waals surface area contributed by atoms with Gasteiger partial charge in [0.05, 0.1) is 0 Å². The van der Waals surface area contributed by atoms with Gasteiger partial charge in [0.25, 0.3) is 5.09 Å². The predicted molar refractivity (Wildman–Crippen MR) is 49.6 cm³/mol. The molecule has 1 rings (SSSR count). The Balaban J connectivity index is 2.75. The van der Waals surface area contributed by atoms with E-state index in [2.05, 4.69) is 4.84 Å². The van der Waals surface area contributed by atoms with Crippen molar-refractivity contribution in [1.29, 1.82) is 0 Å². The Labute approximate surface area is 80.9 Å². The monoisotopic (exact) mass is 223 g/mol. The van der Waals surface area contributed by atoms with E-state index in [0.29, 0.717) is 3.82 Å². The Kier molecular flexibility index (Phi) is 3.12. The minimum Gasteiger partial charge on any atom is -0.309 e. The molecule has 12 heavy (non-hydrogen) atoms. The van der Waals surface area contributed by atoms with E-state index in [9.17, 15) is 10.1 Å². The minimum absolute atomic E-state index is 0.0301. The van der Waals surface area contributed by atoms with E-state index in [-0.39, 0.29) is 6.61 Å². The summed E-state index contributed by atoms with van der Waals surface area (Å²) in [4.78, 5) is 15.1. The van der Waals surface area contributed by atoms with Gasteiger partial charge in [0, 0.05) is 10.4 Å². The van der Waals surface area contributed by atoms with E-state index in [1.807, 2.05) is 6.92 Å². The molecule has 0 saturated heterocycles. The molecule has 0 spiro atoms. The molecular weight excluding hydrogens is 218 g/mol. The number of rotatable bonds is 3. The molecule has 1 heterocycles. The first-order valence-electron chi connectivity index (χ1n) is 2.97. The van der Waals surface area contributed by atoms with Gasteiger partial charge in [-0.15, -0.1) is 10.1 Å². The lowest BCUT2D eigenvalue weighted by molar-refractivity contribution is -0.763. The molecule has 0 amide bonds. The summed E-state index contributed by atoms with van der Waals surface area (Å²) in [6.45, 7) is 1.84. The van der Waals surface area contributed by atoms with Crippen LogP contribution in [-0.4, -0.2) is 5.09 Å². The quantitative estimate of drug-likeness (QED) is 0.342. The largest absolute Gasteiger partial charge is 0.309 e. The Morgan fingerprint density at radius 1 is 1.67 bits per heavy atom. The van der Waals surface area contributed by atoms with Crippen LogP contribution in [0.15, 0.2) is 0 Å². The third-order valence-corrected chi connectivity index (χ3v) is 4.52. The molecule has 0 bridgehead atoms. The molecule has 0 fully saturated rings. The van der Waals surface area contributed by atoms with E-state index < -0.39 is 5.09 Å². The Morgan fingerprint density at radius 2 is 2.33 bits per heavy atom. The van der Waals surface area contributed by atoms with Gasteiger partial charge in [-0.1, -0.05) is 32.9 Å². The van der Waals surface area contributed by atoms with Crippen LogP contribution >= 0.6 is 32.9 Å². The summed E-state index contributed by atoms with van der Waals surface area (Å²) in [5, 5.41) is 9.06. The molecule has 0 unspecified atom stereocenters. The minimum atomic E-state index is -0.809. The molecule has 0 atom stereocenters. The summed E-state index contributed by atoms with van der Waals surface area (Å²) in [6.07, 6.45) is 0. The van der Waals surface area contributed by atoms with E-state index in [4.69, 9.17) is 12.2 Å². The summed E-state index contributed by atoms with van der Waals surface area (Å²) < 4.78 is 0.680. The van der Waals surface area contributed by atoms with Gasteiger partial charge in [-0.2, -0.15) is 0 Å². The highest BCUT2D eigenvalue weighted by molar-refractivity contribution is 7.79. The van der Waals surface area contributed by atoms with Crippen molar-refractivity contribution in [3.63, 3.8) is 0 Å². The highest BCUT2D eigenvalue weighted by Crippen LogP contribution is 2.24. The van der Waals surface area contributed by atoms with Crippen molar-refractivity contribution in [2.75, 3.05) is 0 Å². The van der Waals surface area contributed by atoms with E-state index in [1.54, 1.807) is 0 Å². The SMILES string of the molecule is Cc1ssc(=S)c1CO[N+](=O)[O-]. The van der Waals surface area contributed by atoms with Gasteiger partial charge in [-0.3, -0.25) is 0 Å². The lowest BCUT2D eigenvalue weighted by Crippen LogP contribution is -2.00. The lowest BCUT2D eigenvalue weighted by atomic mass is 10.3. The topological polar surface area (TPSA) is 52.4 Å². The molecule has 0 radical (unpaired) electrons. The van der Waals surface area contributed by atoms with Crippen molar-refractivity contribution >= 4 is 32.9 Å². The zero-order valence-corrected chi connectivity index (χ0v) is 8.55. The van der Waals surface area contributed by atoms with Gasteiger partial charge in [-0.05, 0) is 6.92 Å². The molecule has 1 aromatic heterocycles. The third kappa shape index (κ3) is 2.23. The average Bonchev–Trinajstić information content (AvgIpc) is 2.28. The summed E-state index contributed by atoms with van der Waals surface area (Å²) in [6, 6.07) is 0. The van der Waals surface area contributed by atoms with Gasteiger partial charge in [-0.25, -0.2) is 0 Å². The van der Waals surface area contributed by atoms with Crippen molar-refractivity contribution in [3.05, 3.63) is 24.4 Å². The highest BCUT2D eigenvalue weighted by Gasteiger charge is 2.05. The zero-order chi connectivity index (χ0) is 9.14. The van der Waals surface area contributed by atoms with Crippen molar-refractivity contribution in [3.8, 4) is 0 Å². The second-order valence-electron chi connectivity index (χ2n) is 1.99. The molecule has 0 aliphatic carbocycles. The van der Waals surface area contributed by atoms with Gasteiger partial charge >= 0.3 is 0 Å². The molecule has 0 aliphatic heterocycles. The first kappa shape index (κ1) is 9.56. The van der Waals surface area contributed by atoms with Crippen molar-refractivity contribution < 1.29 is 9.92 Å². The zero-order valence-electron chi connectivity index (χ0n) is 6.10. The molecule has 0 aliphatic rings. The smallest absolute Gasteiger partial charge is 0.294 e.